The molecule has 31 heavy (non-hydrogen) atoms. The summed E-state index contributed by atoms with van der Waals surface area (Å²) in [5.74, 6) is 0.872. The highest BCUT2D eigenvalue weighted by Gasteiger charge is 2.11. The standard InChI is InChI=1S/C24H34N4O2.HI/c1-19(17-30-18-21-11-7-5-8-12-21)15-25-24(26-16-23(29)28(3)4)27-20(2)22-13-9-6-10-14-22;/h5-14,19-20H,15-18H2,1-4H3,(H2,25,26,27);1H. The predicted octanol–water partition coefficient (Wildman–Crippen LogP) is 3.84. The number of likely N-dealkylation sites (N-methyl/N-ethyl adjacent to an activating group) is 1. The van der Waals surface area contributed by atoms with E-state index in [2.05, 4.69) is 53.7 Å². The first kappa shape index (κ1) is 26.9. The molecule has 2 aromatic rings. The molecule has 2 atom stereocenters. The molecule has 0 aliphatic heterocycles. The monoisotopic (exact) mass is 538 g/mol. The summed E-state index contributed by atoms with van der Waals surface area (Å²) in [6.45, 7) is 6.24. The Labute approximate surface area is 203 Å². The number of aliphatic imine (C=N–C) groups is 1. The molecule has 2 unspecified atom stereocenters. The first-order chi connectivity index (χ1) is 14.5. The van der Waals surface area contributed by atoms with E-state index in [1.54, 1.807) is 19.0 Å². The van der Waals surface area contributed by atoms with Crippen molar-refractivity contribution in [3.8, 4) is 0 Å². The van der Waals surface area contributed by atoms with Gasteiger partial charge in [0.2, 0.25) is 5.91 Å². The Morgan fingerprint density at radius 2 is 1.65 bits per heavy atom. The maximum Gasteiger partial charge on any atom is 0.243 e. The van der Waals surface area contributed by atoms with E-state index < -0.39 is 0 Å². The maximum absolute atomic E-state index is 12.0. The van der Waals surface area contributed by atoms with Gasteiger partial charge in [-0.05, 0) is 24.0 Å². The van der Waals surface area contributed by atoms with Gasteiger partial charge in [0.1, 0.15) is 6.54 Å². The maximum atomic E-state index is 12.0. The SMILES string of the molecule is CC(CNC(=NCC(=O)N(C)C)NC(C)c1ccccc1)COCc1ccccc1.I. The number of hydrogen-bond acceptors (Lipinski definition) is 3. The summed E-state index contributed by atoms with van der Waals surface area (Å²) < 4.78 is 5.83. The van der Waals surface area contributed by atoms with Gasteiger partial charge in [-0.25, -0.2) is 4.99 Å². The molecule has 2 N–H and O–H groups in total. The van der Waals surface area contributed by atoms with Crippen LogP contribution in [0.1, 0.15) is 31.0 Å². The normalized spacial score (nSPS) is 13.0. The van der Waals surface area contributed by atoms with E-state index in [0.717, 1.165) is 5.56 Å². The second-order valence-electron chi connectivity index (χ2n) is 7.72. The van der Waals surface area contributed by atoms with Crippen LogP contribution in [0.15, 0.2) is 65.7 Å². The molecule has 0 aliphatic carbocycles. The molecule has 0 fully saturated rings. The molecule has 0 spiro atoms. The lowest BCUT2D eigenvalue weighted by atomic mass is 10.1. The zero-order valence-corrected chi connectivity index (χ0v) is 21.2. The van der Waals surface area contributed by atoms with Crippen LogP contribution in [0.25, 0.3) is 0 Å². The molecule has 2 rings (SSSR count). The number of guanidine groups is 1. The second-order valence-corrected chi connectivity index (χ2v) is 7.72. The Morgan fingerprint density at radius 1 is 1.03 bits per heavy atom. The lowest BCUT2D eigenvalue weighted by Crippen LogP contribution is -2.42. The van der Waals surface area contributed by atoms with Crippen molar-refractivity contribution >= 4 is 35.8 Å². The summed E-state index contributed by atoms with van der Waals surface area (Å²) in [7, 11) is 3.47. The minimum Gasteiger partial charge on any atom is -0.376 e. The first-order valence-electron chi connectivity index (χ1n) is 10.4. The van der Waals surface area contributed by atoms with Crippen molar-refractivity contribution in [2.24, 2.45) is 10.9 Å². The molecule has 0 saturated heterocycles. The van der Waals surface area contributed by atoms with E-state index in [1.165, 1.54) is 5.56 Å². The number of rotatable bonds is 10. The minimum absolute atomic E-state index is 0. The van der Waals surface area contributed by atoms with Gasteiger partial charge >= 0.3 is 0 Å². The quantitative estimate of drug-likeness (QED) is 0.274. The number of amides is 1. The van der Waals surface area contributed by atoms with Crippen molar-refractivity contribution < 1.29 is 9.53 Å². The number of nitrogens with zero attached hydrogens (tertiary/aromatic N) is 2. The predicted molar refractivity (Wildman–Crippen MR) is 138 cm³/mol. The highest BCUT2D eigenvalue weighted by atomic mass is 127. The number of halogens is 1. The average Bonchev–Trinajstić information content (AvgIpc) is 2.76. The van der Waals surface area contributed by atoms with Gasteiger partial charge in [0, 0.05) is 20.6 Å². The number of hydrogen-bond donors (Lipinski definition) is 2. The van der Waals surface area contributed by atoms with Gasteiger partial charge in [0.05, 0.1) is 19.3 Å². The highest BCUT2D eigenvalue weighted by molar-refractivity contribution is 14.0. The van der Waals surface area contributed by atoms with Crippen LogP contribution in [0.3, 0.4) is 0 Å². The van der Waals surface area contributed by atoms with Crippen molar-refractivity contribution in [3.05, 3.63) is 71.8 Å². The van der Waals surface area contributed by atoms with Gasteiger partial charge in [-0.2, -0.15) is 0 Å². The zero-order chi connectivity index (χ0) is 21.8. The molecular formula is C24H35IN4O2. The van der Waals surface area contributed by atoms with Crippen molar-refractivity contribution in [3.63, 3.8) is 0 Å². The largest absolute Gasteiger partial charge is 0.376 e. The van der Waals surface area contributed by atoms with Crippen molar-refractivity contribution in [1.82, 2.24) is 15.5 Å². The van der Waals surface area contributed by atoms with Gasteiger partial charge in [0.25, 0.3) is 0 Å². The van der Waals surface area contributed by atoms with Crippen molar-refractivity contribution in [2.45, 2.75) is 26.5 Å². The summed E-state index contributed by atoms with van der Waals surface area (Å²) in [6, 6.07) is 20.4. The van der Waals surface area contributed by atoms with Crippen molar-refractivity contribution in [1.29, 1.82) is 0 Å². The van der Waals surface area contributed by atoms with Crippen LogP contribution in [0.5, 0.6) is 0 Å². The lowest BCUT2D eigenvalue weighted by molar-refractivity contribution is -0.127. The summed E-state index contributed by atoms with van der Waals surface area (Å²) in [6.07, 6.45) is 0. The molecule has 7 heteroatoms. The van der Waals surface area contributed by atoms with Gasteiger partial charge in [0.15, 0.2) is 5.96 Å². The third-order valence-corrected chi connectivity index (χ3v) is 4.66. The van der Waals surface area contributed by atoms with Crippen LogP contribution in [0.2, 0.25) is 0 Å². The molecule has 0 bridgehead atoms. The third kappa shape index (κ3) is 10.6. The van der Waals surface area contributed by atoms with E-state index in [1.807, 2.05) is 36.4 Å². The Kier molecular flexibility index (Phi) is 12.8. The lowest BCUT2D eigenvalue weighted by Gasteiger charge is -2.21. The number of nitrogens with one attached hydrogen (secondary N) is 2. The summed E-state index contributed by atoms with van der Waals surface area (Å²) in [5.41, 5.74) is 2.32. The summed E-state index contributed by atoms with van der Waals surface area (Å²) >= 11 is 0. The smallest absolute Gasteiger partial charge is 0.243 e. The second kappa shape index (κ2) is 14.8. The van der Waals surface area contributed by atoms with Crippen LogP contribution in [0.4, 0.5) is 0 Å². The van der Waals surface area contributed by atoms with Gasteiger partial charge in [-0.3, -0.25) is 4.79 Å². The zero-order valence-electron chi connectivity index (χ0n) is 18.9. The molecule has 0 aliphatic rings. The molecule has 170 valence electrons. The van der Waals surface area contributed by atoms with E-state index >= 15 is 0 Å². The topological polar surface area (TPSA) is 66.0 Å². The van der Waals surface area contributed by atoms with Crippen LogP contribution < -0.4 is 10.6 Å². The number of carbonyl (C=O) groups is 1. The number of ether oxygens (including phenoxy) is 1. The Bertz CT molecular complexity index is 785. The van der Waals surface area contributed by atoms with Crippen LogP contribution in [0, 0.1) is 5.92 Å². The van der Waals surface area contributed by atoms with Gasteiger partial charge in [-0.1, -0.05) is 67.6 Å². The first-order valence-corrected chi connectivity index (χ1v) is 10.4. The van der Waals surface area contributed by atoms with Gasteiger partial charge < -0.3 is 20.3 Å². The van der Waals surface area contributed by atoms with E-state index in [9.17, 15) is 4.79 Å². The molecule has 2 aromatic carbocycles. The fourth-order valence-electron chi connectivity index (χ4n) is 2.75. The van der Waals surface area contributed by atoms with E-state index in [-0.39, 0.29) is 48.4 Å². The Hall–Kier alpha value is -2.13. The minimum atomic E-state index is -0.0392. The molecule has 1 amide bonds. The fraction of sp³-hybridized carbons (Fsp3) is 0.417. The van der Waals surface area contributed by atoms with Crippen LogP contribution in [-0.4, -0.2) is 50.6 Å². The molecule has 0 radical (unpaired) electrons. The third-order valence-electron chi connectivity index (χ3n) is 4.66. The van der Waals surface area contributed by atoms with Crippen molar-refractivity contribution in [2.75, 3.05) is 33.8 Å². The summed E-state index contributed by atoms with van der Waals surface area (Å²) in [4.78, 5) is 18.0. The molecule has 0 aromatic heterocycles. The highest BCUT2D eigenvalue weighted by Crippen LogP contribution is 2.11. The van der Waals surface area contributed by atoms with E-state index in [0.29, 0.717) is 25.7 Å². The van der Waals surface area contributed by atoms with Gasteiger partial charge in [-0.15, -0.1) is 24.0 Å². The average molecular weight is 538 g/mol. The van der Waals surface area contributed by atoms with Crippen LogP contribution in [-0.2, 0) is 16.1 Å². The molecule has 0 heterocycles. The Balaban J connectivity index is 0.00000480. The fourth-order valence-corrected chi connectivity index (χ4v) is 2.75. The molecular weight excluding hydrogens is 503 g/mol. The Morgan fingerprint density at radius 3 is 2.26 bits per heavy atom. The number of carbonyl (C=O) groups excluding carboxylic acids is 1. The number of benzene rings is 2. The molecule has 6 nitrogen and oxygen atoms in total. The molecule has 0 saturated carbocycles. The van der Waals surface area contributed by atoms with Crippen LogP contribution >= 0.6 is 24.0 Å². The summed E-state index contributed by atoms with van der Waals surface area (Å²) in [5, 5.41) is 6.74. The van der Waals surface area contributed by atoms with E-state index in [4.69, 9.17) is 4.74 Å².